The van der Waals surface area contributed by atoms with Gasteiger partial charge in [-0.25, -0.2) is 0 Å². The fourth-order valence-corrected chi connectivity index (χ4v) is 2.69. The maximum atomic E-state index is 11.5. The Kier molecular flexibility index (Phi) is 4.46. The molecule has 2 atom stereocenters. The molecule has 2 aromatic rings. The summed E-state index contributed by atoms with van der Waals surface area (Å²) in [5.74, 6) is 0.920. The zero-order chi connectivity index (χ0) is 17.1. The van der Waals surface area contributed by atoms with Crippen LogP contribution in [0.4, 0.5) is 0 Å². The van der Waals surface area contributed by atoms with Gasteiger partial charge in [0.15, 0.2) is 0 Å². The number of carbonyl (C=O) groups is 1. The van der Waals surface area contributed by atoms with E-state index in [1.807, 2.05) is 37.3 Å². The van der Waals surface area contributed by atoms with E-state index in [9.17, 15) is 4.79 Å². The van der Waals surface area contributed by atoms with Crippen molar-refractivity contribution in [1.29, 1.82) is 5.41 Å². The lowest BCUT2D eigenvalue weighted by Crippen LogP contribution is -2.31. The first-order chi connectivity index (χ1) is 11.5. The lowest BCUT2D eigenvalue weighted by Gasteiger charge is -2.12. The van der Waals surface area contributed by atoms with Crippen LogP contribution in [0, 0.1) is 11.3 Å². The predicted molar refractivity (Wildman–Crippen MR) is 91.9 cm³/mol. The third-order valence-electron chi connectivity index (χ3n) is 4.11. The summed E-state index contributed by atoms with van der Waals surface area (Å²) in [4.78, 5) is 15.8. The van der Waals surface area contributed by atoms with Crippen LogP contribution in [0.15, 0.2) is 42.6 Å². The van der Waals surface area contributed by atoms with Gasteiger partial charge in [-0.1, -0.05) is 6.92 Å². The molecule has 0 radical (unpaired) electrons. The highest BCUT2D eigenvalue weighted by atomic mass is 16.5. The monoisotopic (exact) mass is 324 g/mol. The van der Waals surface area contributed by atoms with Gasteiger partial charge in [-0.15, -0.1) is 0 Å². The van der Waals surface area contributed by atoms with Gasteiger partial charge in [0.05, 0.1) is 11.7 Å². The molecule has 6 nitrogen and oxygen atoms in total. The van der Waals surface area contributed by atoms with Crippen molar-refractivity contribution < 1.29 is 9.53 Å². The van der Waals surface area contributed by atoms with Crippen LogP contribution in [-0.4, -0.2) is 29.4 Å². The third-order valence-corrected chi connectivity index (χ3v) is 4.11. The van der Waals surface area contributed by atoms with Gasteiger partial charge in [-0.3, -0.25) is 15.2 Å². The van der Waals surface area contributed by atoms with E-state index in [2.05, 4.69) is 10.3 Å². The van der Waals surface area contributed by atoms with E-state index in [-0.39, 0.29) is 23.7 Å². The highest BCUT2D eigenvalue weighted by Gasteiger charge is 2.28. The van der Waals surface area contributed by atoms with Crippen molar-refractivity contribution in [3.63, 3.8) is 0 Å². The van der Waals surface area contributed by atoms with Crippen molar-refractivity contribution >= 4 is 11.7 Å². The minimum absolute atomic E-state index is 0.00567. The molecule has 1 saturated heterocycles. The van der Waals surface area contributed by atoms with Crippen molar-refractivity contribution in [3.8, 4) is 17.0 Å². The van der Waals surface area contributed by atoms with E-state index in [0.717, 1.165) is 23.4 Å². The molecular formula is C18H20N4O2. The van der Waals surface area contributed by atoms with E-state index in [0.29, 0.717) is 12.2 Å². The number of nitrogens with zero attached hydrogens (tertiary/aromatic N) is 1. The second kappa shape index (κ2) is 6.70. The number of benzene rings is 1. The van der Waals surface area contributed by atoms with Gasteiger partial charge >= 0.3 is 0 Å². The first-order valence-electron chi connectivity index (χ1n) is 7.87. The average molecular weight is 324 g/mol. The van der Waals surface area contributed by atoms with Crippen LogP contribution in [0.3, 0.4) is 0 Å². The second-order valence-electron chi connectivity index (χ2n) is 6.02. The molecule has 4 N–H and O–H groups in total. The predicted octanol–water partition coefficient (Wildman–Crippen LogP) is 1.94. The Bertz CT molecular complexity index is 741. The molecule has 3 rings (SSSR count). The van der Waals surface area contributed by atoms with Crippen molar-refractivity contribution in [2.75, 3.05) is 6.61 Å². The first-order valence-corrected chi connectivity index (χ1v) is 7.87. The minimum Gasteiger partial charge on any atom is -0.491 e. The minimum atomic E-state index is 0.00567. The number of amidine groups is 1. The molecule has 1 fully saturated rings. The molecule has 1 aromatic heterocycles. The molecular weight excluding hydrogens is 304 g/mol. The van der Waals surface area contributed by atoms with E-state index in [1.54, 1.807) is 12.3 Å². The molecule has 2 unspecified atom stereocenters. The largest absolute Gasteiger partial charge is 0.491 e. The molecule has 0 bridgehead atoms. The standard InChI is InChI=1S/C18H20N4O2/c1-11-8-14(22-18(11)23)10-24-15-5-2-12(3-6-15)16-7-4-13(9-21-16)17(19)20/h2-7,9,11,14H,8,10H2,1H3,(H3,19,20)(H,22,23). The van der Waals surface area contributed by atoms with Crippen LogP contribution in [0.5, 0.6) is 5.75 Å². The number of ether oxygens (including phenoxy) is 1. The third kappa shape index (κ3) is 3.53. The summed E-state index contributed by atoms with van der Waals surface area (Å²) in [6.45, 7) is 2.40. The van der Waals surface area contributed by atoms with Gasteiger partial charge in [-0.2, -0.15) is 0 Å². The van der Waals surface area contributed by atoms with Crippen molar-refractivity contribution in [1.82, 2.24) is 10.3 Å². The number of nitrogens with one attached hydrogen (secondary N) is 2. The molecule has 124 valence electrons. The van der Waals surface area contributed by atoms with Crippen LogP contribution in [-0.2, 0) is 4.79 Å². The molecule has 1 aliphatic heterocycles. The summed E-state index contributed by atoms with van der Waals surface area (Å²) in [6, 6.07) is 11.3. The molecule has 0 aliphatic carbocycles. The summed E-state index contributed by atoms with van der Waals surface area (Å²) in [7, 11) is 0. The second-order valence-corrected chi connectivity index (χ2v) is 6.02. The van der Waals surface area contributed by atoms with Gasteiger partial charge in [0.25, 0.3) is 0 Å². The number of hydrogen-bond donors (Lipinski definition) is 3. The number of carbonyl (C=O) groups excluding carboxylic acids is 1. The van der Waals surface area contributed by atoms with Crippen LogP contribution >= 0.6 is 0 Å². The molecule has 1 aromatic carbocycles. The van der Waals surface area contributed by atoms with Crippen LogP contribution in [0.1, 0.15) is 18.9 Å². The Balaban J connectivity index is 1.61. The van der Waals surface area contributed by atoms with Gasteiger partial charge in [0.1, 0.15) is 18.2 Å². The number of amides is 1. The zero-order valence-electron chi connectivity index (χ0n) is 13.5. The molecule has 0 spiro atoms. The number of aromatic nitrogens is 1. The molecule has 24 heavy (non-hydrogen) atoms. The summed E-state index contributed by atoms with van der Waals surface area (Å²) in [5, 5.41) is 10.3. The summed E-state index contributed by atoms with van der Waals surface area (Å²) in [5.41, 5.74) is 7.80. The zero-order valence-corrected chi connectivity index (χ0v) is 13.5. The lowest BCUT2D eigenvalue weighted by atomic mass is 10.1. The Morgan fingerprint density at radius 1 is 1.33 bits per heavy atom. The highest BCUT2D eigenvalue weighted by molar-refractivity contribution is 5.94. The van der Waals surface area contributed by atoms with E-state index < -0.39 is 0 Å². The van der Waals surface area contributed by atoms with Crippen molar-refractivity contribution in [3.05, 3.63) is 48.2 Å². The number of pyridine rings is 1. The fraction of sp³-hybridized carbons (Fsp3) is 0.278. The van der Waals surface area contributed by atoms with Gasteiger partial charge in [-0.05, 0) is 42.8 Å². The number of nitrogen functional groups attached to an aromatic ring is 1. The summed E-state index contributed by atoms with van der Waals surface area (Å²) >= 11 is 0. The average Bonchev–Trinajstić information content (AvgIpc) is 2.92. The van der Waals surface area contributed by atoms with Gasteiger partial charge < -0.3 is 15.8 Å². The van der Waals surface area contributed by atoms with Crippen LogP contribution in [0.25, 0.3) is 11.3 Å². The maximum Gasteiger partial charge on any atom is 0.223 e. The normalized spacial score (nSPS) is 19.8. The number of hydrogen-bond acceptors (Lipinski definition) is 4. The quantitative estimate of drug-likeness (QED) is 0.578. The van der Waals surface area contributed by atoms with Gasteiger partial charge in [0.2, 0.25) is 5.91 Å². The van der Waals surface area contributed by atoms with E-state index >= 15 is 0 Å². The molecule has 1 aliphatic rings. The Morgan fingerprint density at radius 2 is 2.08 bits per heavy atom. The smallest absolute Gasteiger partial charge is 0.223 e. The first kappa shape index (κ1) is 16.0. The Hall–Kier alpha value is -2.89. The Morgan fingerprint density at radius 3 is 2.62 bits per heavy atom. The topological polar surface area (TPSA) is 101 Å². The van der Waals surface area contributed by atoms with Crippen LogP contribution < -0.4 is 15.8 Å². The highest BCUT2D eigenvalue weighted by Crippen LogP contribution is 2.22. The van der Waals surface area contributed by atoms with E-state index in [4.69, 9.17) is 15.9 Å². The van der Waals surface area contributed by atoms with Gasteiger partial charge in [0, 0.05) is 23.2 Å². The molecule has 2 heterocycles. The molecule has 1 amide bonds. The van der Waals surface area contributed by atoms with Crippen LogP contribution in [0.2, 0.25) is 0 Å². The Labute approximate surface area is 140 Å². The van der Waals surface area contributed by atoms with Crippen molar-refractivity contribution in [2.24, 2.45) is 11.7 Å². The maximum absolute atomic E-state index is 11.5. The summed E-state index contributed by atoms with van der Waals surface area (Å²) in [6.07, 6.45) is 2.40. The van der Waals surface area contributed by atoms with E-state index in [1.165, 1.54) is 0 Å². The fourth-order valence-electron chi connectivity index (χ4n) is 2.69. The lowest BCUT2D eigenvalue weighted by molar-refractivity contribution is -0.122. The van der Waals surface area contributed by atoms with Crippen molar-refractivity contribution in [2.45, 2.75) is 19.4 Å². The SMILES string of the molecule is CC1CC(COc2ccc(-c3ccc(C(=N)N)cn3)cc2)NC1=O. The number of rotatable bonds is 5. The molecule has 0 saturated carbocycles. The number of nitrogens with two attached hydrogens (primary N) is 1. The molecule has 6 heteroatoms. The summed E-state index contributed by atoms with van der Waals surface area (Å²) < 4.78 is 5.75.